The normalized spacial score (nSPS) is 21.5. The predicted octanol–water partition coefficient (Wildman–Crippen LogP) is 1.33. The molecule has 2 unspecified atom stereocenters. The van der Waals surface area contributed by atoms with Crippen molar-refractivity contribution in [2.24, 2.45) is 17.6 Å². The van der Waals surface area contributed by atoms with Gasteiger partial charge in [0.2, 0.25) is 0 Å². The molecule has 0 radical (unpaired) electrons. The van der Waals surface area contributed by atoms with E-state index in [1.807, 2.05) is 7.05 Å². The average Bonchev–Trinajstić information content (AvgIpc) is 3.12. The summed E-state index contributed by atoms with van der Waals surface area (Å²) in [7, 11) is -1.31. The highest BCUT2D eigenvalue weighted by Crippen LogP contribution is 2.37. The molecule has 0 spiro atoms. The van der Waals surface area contributed by atoms with E-state index in [0.29, 0.717) is 17.0 Å². The number of hydrogen-bond acceptors (Lipinski definition) is 4. The maximum atomic E-state index is 12.3. The number of sulfone groups is 1. The smallest absolute Gasteiger partial charge is 0.179 e. The second kappa shape index (κ2) is 6.15. The molecular weight excluding hydrogens is 286 g/mol. The molecule has 21 heavy (non-hydrogen) atoms. The zero-order chi connectivity index (χ0) is 15.6. The van der Waals surface area contributed by atoms with Gasteiger partial charge >= 0.3 is 0 Å². The van der Waals surface area contributed by atoms with E-state index in [4.69, 9.17) is 11.1 Å². The van der Waals surface area contributed by atoms with Crippen LogP contribution in [0.25, 0.3) is 0 Å². The van der Waals surface area contributed by atoms with Crippen LogP contribution >= 0.6 is 0 Å². The molecule has 6 heteroatoms. The molecule has 1 aliphatic rings. The highest BCUT2D eigenvalue weighted by molar-refractivity contribution is 7.91. The number of amidine groups is 1. The van der Waals surface area contributed by atoms with Crippen LogP contribution < -0.4 is 5.73 Å². The van der Waals surface area contributed by atoms with Crippen molar-refractivity contribution in [3.05, 3.63) is 29.8 Å². The fourth-order valence-corrected chi connectivity index (χ4v) is 3.72. The summed E-state index contributed by atoms with van der Waals surface area (Å²) in [5.74, 6) is 1.57. The molecule has 0 amide bonds. The molecule has 1 aliphatic carbocycles. The van der Waals surface area contributed by atoms with Crippen molar-refractivity contribution >= 4 is 15.7 Å². The van der Waals surface area contributed by atoms with Crippen molar-refractivity contribution < 1.29 is 8.42 Å². The molecule has 1 fully saturated rings. The number of nitrogens with zero attached hydrogens (tertiary/aromatic N) is 1. The Morgan fingerprint density at radius 2 is 1.95 bits per heavy atom. The van der Waals surface area contributed by atoms with Gasteiger partial charge in [0, 0.05) is 18.7 Å². The zero-order valence-electron chi connectivity index (χ0n) is 12.5. The summed E-state index contributed by atoms with van der Waals surface area (Å²) in [4.78, 5) is 2.39. The van der Waals surface area contributed by atoms with Crippen LogP contribution in [0.1, 0.15) is 18.9 Å². The highest BCUT2D eigenvalue weighted by Gasteiger charge is 2.33. The van der Waals surface area contributed by atoms with Gasteiger partial charge in [-0.2, -0.15) is 0 Å². The quantitative estimate of drug-likeness (QED) is 0.587. The molecule has 116 valence electrons. The first-order valence-electron chi connectivity index (χ1n) is 7.15. The van der Waals surface area contributed by atoms with Crippen LogP contribution in [0.2, 0.25) is 0 Å². The monoisotopic (exact) mass is 309 g/mol. The van der Waals surface area contributed by atoms with E-state index in [0.717, 1.165) is 18.4 Å². The van der Waals surface area contributed by atoms with Crippen molar-refractivity contribution in [2.75, 3.05) is 25.9 Å². The Morgan fingerprint density at radius 1 is 1.38 bits per heavy atom. The van der Waals surface area contributed by atoms with Gasteiger partial charge in [0.25, 0.3) is 0 Å². The van der Waals surface area contributed by atoms with Crippen molar-refractivity contribution in [2.45, 2.75) is 18.2 Å². The van der Waals surface area contributed by atoms with E-state index in [1.165, 1.54) is 18.6 Å². The van der Waals surface area contributed by atoms with E-state index < -0.39 is 9.84 Å². The fourth-order valence-electron chi connectivity index (χ4n) is 2.38. The Bertz CT molecular complexity index is 610. The Balaban J connectivity index is 1.92. The van der Waals surface area contributed by atoms with Gasteiger partial charge in [-0.05, 0) is 37.4 Å². The first-order chi connectivity index (χ1) is 9.79. The van der Waals surface area contributed by atoms with Gasteiger partial charge in [0.05, 0.1) is 10.6 Å². The Kier molecular flexibility index (Phi) is 4.68. The minimum Gasteiger partial charge on any atom is -0.384 e. The van der Waals surface area contributed by atoms with Crippen LogP contribution in [-0.4, -0.2) is 45.0 Å². The van der Waals surface area contributed by atoms with Crippen LogP contribution in [0, 0.1) is 17.2 Å². The van der Waals surface area contributed by atoms with E-state index in [-0.39, 0.29) is 11.6 Å². The highest BCUT2D eigenvalue weighted by atomic mass is 32.2. The first kappa shape index (κ1) is 16.0. The molecule has 1 saturated carbocycles. The molecule has 3 N–H and O–H groups in total. The molecule has 2 atom stereocenters. The summed E-state index contributed by atoms with van der Waals surface area (Å²) in [6, 6.07) is 6.19. The molecule has 0 aromatic heterocycles. The minimum absolute atomic E-state index is 0.0581. The third-order valence-electron chi connectivity index (χ3n) is 4.09. The molecule has 1 aromatic carbocycles. The van der Waals surface area contributed by atoms with Gasteiger partial charge in [0.15, 0.2) is 9.84 Å². The third-order valence-corrected chi connectivity index (χ3v) is 5.80. The summed E-state index contributed by atoms with van der Waals surface area (Å²) in [6.07, 6.45) is 1.25. The summed E-state index contributed by atoms with van der Waals surface area (Å²) in [6.45, 7) is 3.74. The zero-order valence-corrected chi connectivity index (χ0v) is 13.4. The van der Waals surface area contributed by atoms with Gasteiger partial charge in [-0.15, -0.1) is 0 Å². The number of benzene rings is 1. The second-order valence-corrected chi connectivity index (χ2v) is 8.10. The Labute approximate surface area is 126 Å². The average molecular weight is 309 g/mol. The topological polar surface area (TPSA) is 87.2 Å². The summed E-state index contributed by atoms with van der Waals surface area (Å²) in [5, 5.41) is 7.31. The van der Waals surface area contributed by atoms with Gasteiger partial charge < -0.3 is 10.6 Å². The number of rotatable bonds is 7. The molecule has 5 nitrogen and oxygen atoms in total. The molecule has 0 saturated heterocycles. The van der Waals surface area contributed by atoms with E-state index in [2.05, 4.69) is 11.8 Å². The molecule has 1 aromatic rings. The maximum Gasteiger partial charge on any atom is 0.179 e. The van der Waals surface area contributed by atoms with Crippen LogP contribution in [-0.2, 0) is 9.84 Å². The number of hydrogen-bond donors (Lipinski definition) is 2. The number of nitrogen functional groups attached to an aromatic ring is 1. The van der Waals surface area contributed by atoms with Crippen LogP contribution in [0.3, 0.4) is 0 Å². The van der Waals surface area contributed by atoms with Crippen molar-refractivity contribution in [3.63, 3.8) is 0 Å². The van der Waals surface area contributed by atoms with E-state index in [9.17, 15) is 8.42 Å². The maximum absolute atomic E-state index is 12.3. The Hall–Kier alpha value is -1.40. The lowest BCUT2D eigenvalue weighted by Crippen LogP contribution is -2.28. The molecule has 0 heterocycles. The summed E-state index contributed by atoms with van der Waals surface area (Å²) >= 11 is 0. The van der Waals surface area contributed by atoms with E-state index in [1.54, 1.807) is 12.1 Å². The second-order valence-electron chi connectivity index (χ2n) is 5.99. The van der Waals surface area contributed by atoms with Crippen molar-refractivity contribution in [3.8, 4) is 0 Å². The van der Waals surface area contributed by atoms with Crippen molar-refractivity contribution in [1.82, 2.24) is 4.90 Å². The van der Waals surface area contributed by atoms with Crippen molar-refractivity contribution in [1.29, 1.82) is 5.41 Å². The predicted molar refractivity (Wildman–Crippen MR) is 84.3 cm³/mol. The molecule has 2 rings (SSSR count). The van der Waals surface area contributed by atoms with Gasteiger partial charge in [0.1, 0.15) is 5.84 Å². The van der Waals surface area contributed by atoms with Gasteiger partial charge in [-0.1, -0.05) is 19.1 Å². The number of nitrogens with one attached hydrogen (secondary N) is 1. The van der Waals surface area contributed by atoms with Crippen LogP contribution in [0.5, 0.6) is 0 Å². The molecule has 0 bridgehead atoms. The first-order valence-corrected chi connectivity index (χ1v) is 8.80. The molecule has 0 aliphatic heterocycles. The van der Waals surface area contributed by atoms with Crippen LogP contribution in [0.4, 0.5) is 0 Å². The third kappa shape index (κ3) is 4.28. The van der Waals surface area contributed by atoms with E-state index >= 15 is 0 Å². The lowest BCUT2D eigenvalue weighted by Gasteiger charge is -2.16. The SMILES string of the molecule is CC1CC1CN(C)CCS(=O)(=O)c1ccc(C(=N)N)cc1. The summed E-state index contributed by atoms with van der Waals surface area (Å²) < 4.78 is 24.5. The van der Waals surface area contributed by atoms with Gasteiger partial charge in [-0.3, -0.25) is 5.41 Å². The molecular formula is C15H23N3O2S. The van der Waals surface area contributed by atoms with Crippen LogP contribution in [0.15, 0.2) is 29.2 Å². The lowest BCUT2D eigenvalue weighted by molar-refractivity contribution is 0.332. The Morgan fingerprint density at radius 3 is 2.43 bits per heavy atom. The minimum atomic E-state index is -3.28. The standard InChI is InChI=1S/C15H23N3O2S/c1-11-9-13(11)10-18(2)7-8-21(19,20)14-5-3-12(4-6-14)15(16)17/h3-6,11,13H,7-10H2,1-2H3,(H3,16,17). The largest absolute Gasteiger partial charge is 0.384 e. The summed E-state index contributed by atoms with van der Waals surface area (Å²) in [5.41, 5.74) is 5.90. The number of nitrogens with two attached hydrogens (primary N) is 1. The lowest BCUT2D eigenvalue weighted by atomic mass is 10.2. The fraction of sp³-hybridized carbons (Fsp3) is 0.533. The van der Waals surface area contributed by atoms with Gasteiger partial charge in [-0.25, -0.2) is 8.42 Å².